The number of carbonyl (C=O) groups excluding carboxylic acids is 2. The Bertz CT molecular complexity index is 773. The normalized spacial score (nSPS) is 14.9. The van der Waals surface area contributed by atoms with Crippen LogP contribution in [-0.4, -0.2) is 39.3 Å². The van der Waals surface area contributed by atoms with E-state index in [-0.39, 0.29) is 18.9 Å². The number of para-hydroxylation sites is 1. The number of nitrogens with two attached hydrogens (primary N) is 2. The summed E-state index contributed by atoms with van der Waals surface area (Å²) in [5, 5.41) is 10.2. The van der Waals surface area contributed by atoms with Crippen molar-refractivity contribution in [2.75, 3.05) is 4.57 Å². The van der Waals surface area contributed by atoms with E-state index in [0.717, 1.165) is 21.7 Å². The van der Waals surface area contributed by atoms with Crippen molar-refractivity contribution in [2.45, 2.75) is 37.7 Å². The lowest BCUT2D eigenvalue weighted by Crippen LogP contribution is -2.46. The standard InChI is InChI=1S/C15H17NO3Si.C5H10N2O2/c17-15(18-19-15)14(11-12-7-3-1-4-8-12)16(20)13-9-5-2-6-10-13;6-4(8)2-1-3-5(7)9/h1-10,14,17H,11H2,20H3;1-3H2,(H2,6,8)(H2,7,9)/t14-;/m0./s1. The molecule has 0 saturated carbocycles. The van der Waals surface area contributed by atoms with Gasteiger partial charge in [-0.1, -0.05) is 48.5 Å². The highest BCUT2D eigenvalue weighted by Crippen LogP contribution is 2.36. The zero-order chi connectivity index (χ0) is 21.3. The molecule has 5 N–H and O–H groups in total. The lowest BCUT2D eigenvalue weighted by atomic mass is 10.0. The van der Waals surface area contributed by atoms with E-state index in [1.807, 2.05) is 60.7 Å². The Morgan fingerprint density at radius 2 is 1.45 bits per heavy atom. The van der Waals surface area contributed by atoms with Gasteiger partial charge in [0.05, 0.1) is 0 Å². The summed E-state index contributed by atoms with van der Waals surface area (Å²) in [5.74, 6) is -2.28. The quantitative estimate of drug-likeness (QED) is 0.301. The summed E-state index contributed by atoms with van der Waals surface area (Å²) in [6.07, 6.45) is 1.60. The van der Waals surface area contributed by atoms with Crippen LogP contribution >= 0.6 is 0 Å². The van der Waals surface area contributed by atoms with Gasteiger partial charge in [-0.25, -0.2) is 0 Å². The van der Waals surface area contributed by atoms with Crippen molar-refractivity contribution in [3.05, 3.63) is 66.2 Å². The number of hydrogen-bond acceptors (Lipinski definition) is 6. The van der Waals surface area contributed by atoms with Crippen LogP contribution in [0.5, 0.6) is 0 Å². The van der Waals surface area contributed by atoms with E-state index in [2.05, 4.69) is 4.57 Å². The number of amides is 2. The van der Waals surface area contributed by atoms with Crippen molar-refractivity contribution in [3.63, 3.8) is 0 Å². The molecule has 1 heterocycles. The van der Waals surface area contributed by atoms with Crippen LogP contribution in [0.3, 0.4) is 0 Å². The van der Waals surface area contributed by atoms with Crippen molar-refractivity contribution < 1.29 is 24.5 Å². The second-order valence-corrected chi connectivity index (χ2v) is 7.70. The van der Waals surface area contributed by atoms with Gasteiger partial charge in [0.25, 0.3) is 0 Å². The number of rotatable bonds is 9. The van der Waals surface area contributed by atoms with Gasteiger partial charge >= 0.3 is 5.97 Å². The van der Waals surface area contributed by atoms with E-state index < -0.39 is 17.8 Å². The Labute approximate surface area is 172 Å². The molecule has 0 bridgehead atoms. The fourth-order valence-electron chi connectivity index (χ4n) is 2.78. The molecule has 1 aliphatic rings. The monoisotopic (exact) mass is 417 g/mol. The van der Waals surface area contributed by atoms with E-state index in [4.69, 9.17) is 21.2 Å². The maximum absolute atomic E-state index is 10.2. The van der Waals surface area contributed by atoms with Gasteiger partial charge in [0, 0.05) is 24.9 Å². The van der Waals surface area contributed by atoms with Gasteiger partial charge in [-0.15, -0.1) is 0 Å². The Hall–Kier alpha value is -2.72. The Balaban J connectivity index is 0.000000284. The molecule has 1 atom stereocenters. The number of anilines is 1. The van der Waals surface area contributed by atoms with E-state index in [1.165, 1.54) is 0 Å². The van der Waals surface area contributed by atoms with Crippen LogP contribution in [0.4, 0.5) is 5.69 Å². The third kappa shape index (κ3) is 7.66. The molecular weight excluding hydrogens is 390 g/mol. The molecule has 1 aliphatic heterocycles. The zero-order valence-corrected chi connectivity index (χ0v) is 18.4. The van der Waals surface area contributed by atoms with Gasteiger partial charge in [-0.3, -0.25) is 9.59 Å². The smallest absolute Gasteiger partial charge is 0.357 e. The predicted molar refractivity (Wildman–Crippen MR) is 112 cm³/mol. The second kappa shape index (κ2) is 10.7. The fourth-order valence-corrected chi connectivity index (χ4v) is 3.59. The molecule has 1 saturated heterocycles. The van der Waals surface area contributed by atoms with E-state index >= 15 is 0 Å². The summed E-state index contributed by atoms with van der Waals surface area (Å²) in [5.41, 5.74) is 11.8. The van der Waals surface area contributed by atoms with Gasteiger partial charge in [-0.05, 0) is 24.1 Å². The van der Waals surface area contributed by atoms with E-state index in [0.29, 0.717) is 12.8 Å². The first-order valence-electron chi connectivity index (χ1n) is 9.29. The molecule has 156 valence electrons. The first kappa shape index (κ1) is 22.6. The second-order valence-electron chi connectivity index (χ2n) is 6.74. The highest BCUT2D eigenvalue weighted by molar-refractivity contribution is 6.18. The Morgan fingerprint density at radius 3 is 1.90 bits per heavy atom. The van der Waals surface area contributed by atoms with Crippen molar-refractivity contribution in [1.29, 1.82) is 0 Å². The van der Waals surface area contributed by atoms with Gasteiger partial charge in [-0.2, -0.15) is 9.78 Å². The van der Waals surface area contributed by atoms with Gasteiger partial charge in [0.2, 0.25) is 11.8 Å². The number of carbonyl (C=O) groups is 2. The van der Waals surface area contributed by atoms with E-state index in [1.54, 1.807) is 0 Å². The minimum atomic E-state index is -1.49. The number of benzene rings is 2. The zero-order valence-electron chi connectivity index (χ0n) is 16.4. The van der Waals surface area contributed by atoms with Crippen molar-refractivity contribution in [3.8, 4) is 0 Å². The molecule has 3 rings (SSSR count). The number of primary amides is 2. The molecular formula is C20H27N3O5Si. The number of hydrogen-bond donors (Lipinski definition) is 3. The van der Waals surface area contributed by atoms with Crippen LogP contribution in [-0.2, 0) is 25.8 Å². The van der Waals surface area contributed by atoms with Crippen LogP contribution < -0.4 is 16.0 Å². The average molecular weight is 418 g/mol. The summed E-state index contributed by atoms with van der Waals surface area (Å²) in [6.45, 7) is 0. The van der Waals surface area contributed by atoms with Crippen LogP contribution in [0.15, 0.2) is 60.7 Å². The molecule has 2 aromatic carbocycles. The maximum Gasteiger partial charge on any atom is 0.357 e. The Morgan fingerprint density at radius 1 is 0.966 bits per heavy atom. The van der Waals surface area contributed by atoms with Crippen molar-refractivity contribution >= 4 is 27.9 Å². The summed E-state index contributed by atoms with van der Waals surface area (Å²) in [6, 6.07) is 19.8. The maximum atomic E-state index is 10.2. The molecule has 0 unspecified atom stereocenters. The summed E-state index contributed by atoms with van der Waals surface area (Å²) >= 11 is 0. The molecule has 0 radical (unpaired) electrons. The molecule has 2 amide bonds. The summed E-state index contributed by atoms with van der Waals surface area (Å²) in [4.78, 5) is 29.7. The topological polar surface area (TPSA) is 135 Å². The first-order valence-corrected chi connectivity index (χ1v) is 10.2. The number of nitrogens with zero attached hydrogens (tertiary/aromatic N) is 1. The fraction of sp³-hybridized carbons (Fsp3) is 0.300. The molecule has 29 heavy (non-hydrogen) atoms. The van der Waals surface area contributed by atoms with Crippen LogP contribution in [0.2, 0.25) is 0 Å². The SMILES string of the molecule is NC(=O)CCCC(N)=O.OC1([C@H](Cc2ccccc2)N([SiH3])c2ccccc2)OO1. The summed E-state index contributed by atoms with van der Waals surface area (Å²) < 4.78 is 2.11. The highest BCUT2D eigenvalue weighted by atomic mass is 28.2. The third-order valence-corrected chi connectivity index (χ3v) is 5.56. The first-order chi connectivity index (χ1) is 13.8. The number of aliphatic hydroxyl groups is 1. The molecule has 2 aromatic rings. The molecule has 1 fully saturated rings. The third-order valence-electron chi connectivity index (χ3n) is 4.42. The van der Waals surface area contributed by atoms with Gasteiger partial charge in [0.15, 0.2) is 0 Å². The van der Waals surface area contributed by atoms with Gasteiger partial charge < -0.3 is 21.1 Å². The minimum Gasteiger partial charge on any atom is -0.396 e. The lowest BCUT2D eigenvalue weighted by Gasteiger charge is -2.30. The van der Waals surface area contributed by atoms with Crippen LogP contribution in [0.25, 0.3) is 0 Å². The molecule has 0 aromatic heterocycles. The van der Waals surface area contributed by atoms with Crippen molar-refractivity contribution in [2.24, 2.45) is 11.5 Å². The van der Waals surface area contributed by atoms with E-state index in [9.17, 15) is 14.7 Å². The molecule has 0 spiro atoms. The lowest BCUT2D eigenvalue weighted by molar-refractivity contribution is -0.119. The largest absolute Gasteiger partial charge is 0.396 e. The van der Waals surface area contributed by atoms with Crippen molar-refractivity contribution in [1.82, 2.24) is 0 Å². The van der Waals surface area contributed by atoms with Gasteiger partial charge in [0.1, 0.15) is 16.4 Å². The Kier molecular flexibility index (Phi) is 8.34. The predicted octanol–water partition coefficient (Wildman–Crippen LogP) is 0.120. The summed E-state index contributed by atoms with van der Waals surface area (Å²) in [7, 11) is 0.755. The molecule has 8 nitrogen and oxygen atoms in total. The van der Waals surface area contributed by atoms with Crippen LogP contribution in [0.1, 0.15) is 24.8 Å². The molecule has 0 aliphatic carbocycles. The average Bonchev–Trinajstić information content (AvgIpc) is 3.45. The van der Waals surface area contributed by atoms with Crippen LogP contribution in [0, 0.1) is 0 Å². The highest BCUT2D eigenvalue weighted by Gasteiger charge is 2.56. The molecule has 9 heteroatoms. The minimum absolute atomic E-state index is 0.239.